The number of likely N-dealkylation sites (tertiary alicyclic amines) is 2. The first-order valence-corrected chi connectivity index (χ1v) is 17.7. The standard InChI is InChI=1S/C33H51N5O5S/c1-22(42-16-23-7-5-4-6-8-23)27(17-43-24-9-11-34-12-10-24)36-29(39)26-15-37(31(41)28-14-35-21-44-28)18-33(26)19-38(20-33)30(40)25-13-32(25,2)3/h14,21-27,34H,4-13,15-20H2,1-3H3,(H,36,39)/t22-,25-,26+,27-/m1/s1. The highest BCUT2D eigenvalue weighted by Gasteiger charge is 2.62. The lowest BCUT2D eigenvalue weighted by molar-refractivity contribution is -0.152. The van der Waals surface area contributed by atoms with E-state index in [1.807, 2.05) is 11.8 Å². The Balaban J connectivity index is 1.14. The summed E-state index contributed by atoms with van der Waals surface area (Å²) in [6.45, 7) is 11.1. The Morgan fingerprint density at radius 2 is 1.77 bits per heavy atom. The molecule has 2 aliphatic carbocycles. The highest BCUT2D eigenvalue weighted by Crippen LogP contribution is 2.54. The molecule has 11 heteroatoms. The van der Waals surface area contributed by atoms with Gasteiger partial charge in [-0.15, -0.1) is 11.3 Å². The summed E-state index contributed by atoms with van der Waals surface area (Å²) in [6, 6.07) is -0.297. The molecule has 4 atom stereocenters. The van der Waals surface area contributed by atoms with Gasteiger partial charge < -0.3 is 29.9 Å². The summed E-state index contributed by atoms with van der Waals surface area (Å²) in [7, 11) is 0. The molecular weight excluding hydrogens is 578 g/mol. The molecular formula is C33H51N5O5S. The first-order valence-electron chi connectivity index (χ1n) is 16.9. The third kappa shape index (κ3) is 7.00. The van der Waals surface area contributed by atoms with E-state index in [-0.39, 0.29) is 47.3 Å². The van der Waals surface area contributed by atoms with Gasteiger partial charge in [0.05, 0.1) is 42.5 Å². The molecule has 2 N–H and O–H groups in total. The Labute approximate surface area is 266 Å². The van der Waals surface area contributed by atoms with Crippen LogP contribution in [0.5, 0.6) is 0 Å². The minimum atomic E-state index is -0.453. The van der Waals surface area contributed by atoms with Crippen LogP contribution in [0.4, 0.5) is 0 Å². The third-order valence-electron chi connectivity index (χ3n) is 11.0. The number of nitrogens with zero attached hydrogens (tertiary/aromatic N) is 3. The Bertz CT molecular complexity index is 1160. The lowest BCUT2D eigenvalue weighted by atomic mass is 9.70. The number of carbonyl (C=O) groups excluding carboxylic acids is 3. The van der Waals surface area contributed by atoms with Crippen LogP contribution in [0.1, 0.15) is 81.8 Å². The number of hydrogen-bond acceptors (Lipinski definition) is 8. The molecule has 1 aromatic rings. The molecule has 5 fully saturated rings. The van der Waals surface area contributed by atoms with Gasteiger partial charge in [0.15, 0.2) is 0 Å². The Hall–Kier alpha value is -2.08. The maximum Gasteiger partial charge on any atom is 0.265 e. The van der Waals surface area contributed by atoms with E-state index in [0.29, 0.717) is 50.2 Å². The molecule has 0 aromatic carbocycles. The highest BCUT2D eigenvalue weighted by atomic mass is 32.1. The van der Waals surface area contributed by atoms with E-state index in [1.54, 1.807) is 16.6 Å². The molecule has 44 heavy (non-hydrogen) atoms. The van der Waals surface area contributed by atoms with Gasteiger partial charge in [-0.1, -0.05) is 33.1 Å². The van der Waals surface area contributed by atoms with Crippen LogP contribution in [0.15, 0.2) is 11.7 Å². The van der Waals surface area contributed by atoms with Crippen LogP contribution in [0.2, 0.25) is 0 Å². The number of ether oxygens (including phenoxy) is 2. The van der Waals surface area contributed by atoms with Gasteiger partial charge in [-0.05, 0) is 63.5 Å². The van der Waals surface area contributed by atoms with Crippen LogP contribution in [0.3, 0.4) is 0 Å². The van der Waals surface area contributed by atoms with Gasteiger partial charge in [0.2, 0.25) is 11.8 Å². The SMILES string of the molecule is C[C@@H](OCC1CCCCC1)[C@@H](COC1CCNCC1)NC(=O)[C@@H]1CN(C(=O)c2cncs2)CC12CN(C(=O)[C@H]1CC1(C)C)C2. The first-order chi connectivity index (χ1) is 21.1. The van der Waals surface area contributed by atoms with Gasteiger partial charge in [-0.2, -0.15) is 0 Å². The van der Waals surface area contributed by atoms with Crippen molar-refractivity contribution in [1.82, 2.24) is 25.4 Å². The van der Waals surface area contributed by atoms with Crippen molar-refractivity contribution in [2.24, 2.45) is 28.6 Å². The molecule has 3 saturated heterocycles. The summed E-state index contributed by atoms with van der Waals surface area (Å²) in [5, 5.41) is 6.73. The van der Waals surface area contributed by atoms with E-state index < -0.39 is 11.3 Å². The summed E-state index contributed by atoms with van der Waals surface area (Å²) in [6.07, 6.45) is 10.6. The molecule has 0 radical (unpaired) electrons. The number of rotatable bonds is 11. The molecule has 5 aliphatic rings. The second-order valence-corrected chi connectivity index (χ2v) is 15.7. The van der Waals surface area contributed by atoms with Gasteiger partial charge in [-0.3, -0.25) is 19.4 Å². The zero-order chi connectivity index (χ0) is 30.9. The predicted octanol–water partition coefficient (Wildman–Crippen LogP) is 3.33. The van der Waals surface area contributed by atoms with E-state index in [4.69, 9.17) is 9.47 Å². The van der Waals surface area contributed by atoms with E-state index in [1.165, 1.54) is 43.4 Å². The highest BCUT2D eigenvalue weighted by molar-refractivity contribution is 7.11. The Morgan fingerprint density at radius 3 is 2.43 bits per heavy atom. The molecule has 4 heterocycles. The van der Waals surface area contributed by atoms with Gasteiger partial charge in [-0.25, -0.2) is 0 Å². The van der Waals surface area contributed by atoms with E-state index in [9.17, 15) is 14.4 Å². The molecule has 3 amide bonds. The average molecular weight is 630 g/mol. The fraction of sp³-hybridized carbons (Fsp3) is 0.818. The topological polar surface area (TPSA) is 113 Å². The second-order valence-electron chi connectivity index (χ2n) is 14.8. The zero-order valence-corrected chi connectivity index (χ0v) is 27.5. The fourth-order valence-electron chi connectivity index (χ4n) is 7.80. The lowest BCUT2D eigenvalue weighted by Gasteiger charge is -2.50. The summed E-state index contributed by atoms with van der Waals surface area (Å²) in [5.41, 5.74) is 1.26. The predicted molar refractivity (Wildman–Crippen MR) is 168 cm³/mol. The first kappa shape index (κ1) is 31.9. The molecule has 0 bridgehead atoms. The fourth-order valence-corrected chi connectivity index (χ4v) is 8.39. The lowest BCUT2D eigenvalue weighted by Crippen LogP contribution is -2.65. The largest absolute Gasteiger partial charge is 0.376 e. The Kier molecular flexibility index (Phi) is 9.67. The quantitative estimate of drug-likeness (QED) is 0.386. The van der Waals surface area contributed by atoms with Crippen molar-refractivity contribution in [1.29, 1.82) is 0 Å². The molecule has 2 saturated carbocycles. The number of piperidine rings is 1. The number of thiazole rings is 1. The van der Waals surface area contributed by atoms with Crippen LogP contribution >= 0.6 is 11.3 Å². The average Bonchev–Trinajstić information content (AvgIpc) is 3.38. The summed E-state index contributed by atoms with van der Waals surface area (Å²) in [4.78, 5) is 49.2. The van der Waals surface area contributed by atoms with Crippen molar-refractivity contribution in [2.75, 3.05) is 52.5 Å². The smallest absolute Gasteiger partial charge is 0.265 e. The Morgan fingerprint density at radius 1 is 1.07 bits per heavy atom. The van der Waals surface area contributed by atoms with Gasteiger partial charge >= 0.3 is 0 Å². The van der Waals surface area contributed by atoms with Crippen LogP contribution in [0, 0.1) is 28.6 Å². The normalized spacial score (nSPS) is 28.0. The molecule has 0 unspecified atom stereocenters. The molecule has 1 spiro atoms. The summed E-state index contributed by atoms with van der Waals surface area (Å²) >= 11 is 1.32. The van der Waals surface area contributed by atoms with Gasteiger partial charge in [0.25, 0.3) is 5.91 Å². The van der Waals surface area contributed by atoms with E-state index in [0.717, 1.165) is 32.4 Å². The maximum absolute atomic E-state index is 14.2. The molecule has 1 aromatic heterocycles. The summed E-state index contributed by atoms with van der Waals surface area (Å²) < 4.78 is 12.8. The van der Waals surface area contributed by atoms with Crippen LogP contribution in [-0.2, 0) is 19.1 Å². The van der Waals surface area contributed by atoms with Crippen molar-refractivity contribution in [2.45, 2.75) is 90.4 Å². The van der Waals surface area contributed by atoms with Crippen LogP contribution in [-0.4, -0.2) is 103 Å². The van der Waals surface area contributed by atoms with Crippen molar-refractivity contribution in [3.8, 4) is 0 Å². The summed E-state index contributed by atoms with van der Waals surface area (Å²) in [5.74, 6) is 0.239. The van der Waals surface area contributed by atoms with Crippen molar-refractivity contribution < 1.29 is 23.9 Å². The minimum Gasteiger partial charge on any atom is -0.376 e. The monoisotopic (exact) mass is 629 g/mol. The van der Waals surface area contributed by atoms with Gasteiger partial charge in [0, 0.05) is 44.1 Å². The number of hydrogen-bond donors (Lipinski definition) is 2. The maximum atomic E-state index is 14.2. The molecule has 3 aliphatic heterocycles. The number of carbonyl (C=O) groups is 3. The van der Waals surface area contributed by atoms with Crippen LogP contribution < -0.4 is 10.6 Å². The van der Waals surface area contributed by atoms with Crippen LogP contribution in [0.25, 0.3) is 0 Å². The number of aromatic nitrogens is 1. The molecule has 6 rings (SSSR count). The van der Waals surface area contributed by atoms with Gasteiger partial charge in [0.1, 0.15) is 4.88 Å². The zero-order valence-electron chi connectivity index (χ0n) is 26.7. The third-order valence-corrected chi connectivity index (χ3v) is 11.8. The molecule has 244 valence electrons. The van der Waals surface area contributed by atoms with Crippen molar-refractivity contribution in [3.05, 3.63) is 16.6 Å². The number of nitrogens with one attached hydrogen (secondary N) is 2. The number of amides is 3. The minimum absolute atomic E-state index is 0.0514. The molecule has 10 nitrogen and oxygen atoms in total. The van der Waals surface area contributed by atoms with E-state index >= 15 is 0 Å². The second kappa shape index (κ2) is 13.3. The van der Waals surface area contributed by atoms with Crippen molar-refractivity contribution in [3.63, 3.8) is 0 Å². The van der Waals surface area contributed by atoms with E-state index in [2.05, 4.69) is 29.5 Å². The van der Waals surface area contributed by atoms with Crippen molar-refractivity contribution >= 4 is 29.1 Å².